The molecule has 1 fully saturated rings. The number of aromatic nitrogens is 2. The van der Waals surface area contributed by atoms with Crippen molar-refractivity contribution in [3.8, 4) is 28.5 Å². The fourth-order valence-electron chi connectivity index (χ4n) is 3.97. The van der Waals surface area contributed by atoms with Gasteiger partial charge in [-0.15, -0.1) is 22.7 Å². The standard InChI is InChI=1S/C24H21Cl2N3O3S2/c1-2-31-20-7-10-33-22(20)24(30)29-8-5-14(6-9-29)23-27-19(13-34-23)21-12-18(28-32-21)15-3-4-16(25)17(26)11-15/h3-4,7,10-14H,2,5-6,8-9H2,1H3. The minimum atomic E-state index is 0.0493. The molecule has 0 unspecified atom stereocenters. The van der Waals surface area contributed by atoms with E-state index in [2.05, 4.69) is 5.16 Å². The van der Waals surface area contributed by atoms with Gasteiger partial charge in [0.25, 0.3) is 5.91 Å². The first-order valence-electron chi connectivity index (χ1n) is 10.9. The molecular weight excluding hydrogens is 513 g/mol. The fourth-order valence-corrected chi connectivity index (χ4v) is 6.05. The van der Waals surface area contributed by atoms with Crippen LogP contribution < -0.4 is 4.74 Å². The Hall–Kier alpha value is -2.39. The van der Waals surface area contributed by atoms with Gasteiger partial charge in [0, 0.05) is 36.0 Å². The SMILES string of the molecule is CCOc1ccsc1C(=O)N1CCC(c2nc(-c3cc(-c4ccc(Cl)c(Cl)c4)no3)cs2)CC1. The minimum Gasteiger partial charge on any atom is -0.492 e. The third kappa shape index (κ3) is 4.73. The lowest BCUT2D eigenvalue weighted by molar-refractivity contribution is 0.0714. The summed E-state index contributed by atoms with van der Waals surface area (Å²) < 4.78 is 11.1. The predicted octanol–water partition coefficient (Wildman–Crippen LogP) is 7.25. The van der Waals surface area contributed by atoms with Crippen LogP contribution in [0.25, 0.3) is 22.7 Å². The van der Waals surface area contributed by atoms with Crippen LogP contribution in [-0.4, -0.2) is 40.6 Å². The molecule has 0 radical (unpaired) electrons. The average Bonchev–Trinajstić information content (AvgIpc) is 3.61. The number of thiophene rings is 1. The van der Waals surface area contributed by atoms with Crippen LogP contribution in [0.15, 0.2) is 45.6 Å². The van der Waals surface area contributed by atoms with Gasteiger partial charge in [0.05, 0.1) is 21.7 Å². The van der Waals surface area contributed by atoms with E-state index in [9.17, 15) is 4.79 Å². The third-order valence-corrected chi connectivity index (χ3v) is 8.38. The number of hydrogen-bond acceptors (Lipinski definition) is 7. The van der Waals surface area contributed by atoms with Crippen LogP contribution in [0.5, 0.6) is 5.75 Å². The van der Waals surface area contributed by atoms with Crippen LogP contribution >= 0.6 is 45.9 Å². The number of halogens is 2. The van der Waals surface area contributed by atoms with Gasteiger partial charge in [-0.05, 0) is 43.3 Å². The van der Waals surface area contributed by atoms with Gasteiger partial charge in [-0.1, -0.05) is 34.4 Å². The summed E-state index contributed by atoms with van der Waals surface area (Å²) in [5.74, 6) is 1.65. The van der Waals surface area contributed by atoms with Crippen molar-refractivity contribution < 1.29 is 14.1 Å². The molecule has 0 spiro atoms. The molecule has 3 aromatic heterocycles. The average molecular weight is 534 g/mol. The number of carbonyl (C=O) groups excluding carboxylic acids is 1. The number of ether oxygens (including phenoxy) is 1. The first kappa shape index (κ1) is 23.4. The summed E-state index contributed by atoms with van der Waals surface area (Å²) >= 11 is 15.2. The number of likely N-dealkylation sites (tertiary alicyclic amines) is 1. The van der Waals surface area contributed by atoms with E-state index in [-0.39, 0.29) is 5.91 Å². The number of carbonyl (C=O) groups is 1. The van der Waals surface area contributed by atoms with E-state index < -0.39 is 0 Å². The predicted molar refractivity (Wildman–Crippen MR) is 136 cm³/mol. The Morgan fingerprint density at radius 2 is 1.97 bits per heavy atom. The number of nitrogens with zero attached hydrogens (tertiary/aromatic N) is 3. The second-order valence-electron chi connectivity index (χ2n) is 7.89. The molecule has 1 aliphatic rings. The Kier molecular flexibility index (Phi) is 6.92. The number of thiazole rings is 1. The van der Waals surface area contributed by atoms with Crippen molar-refractivity contribution in [3.05, 3.63) is 61.0 Å². The molecule has 10 heteroatoms. The van der Waals surface area contributed by atoms with Gasteiger partial charge in [0.2, 0.25) is 0 Å². The van der Waals surface area contributed by atoms with Gasteiger partial charge in [0.15, 0.2) is 5.76 Å². The Morgan fingerprint density at radius 1 is 1.15 bits per heavy atom. The summed E-state index contributed by atoms with van der Waals surface area (Å²) in [6, 6.07) is 9.07. The zero-order valence-corrected chi connectivity index (χ0v) is 21.4. The molecule has 0 atom stereocenters. The van der Waals surface area contributed by atoms with Gasteiger partial charge in [0.1, 0.15) is 22.0 Å². The van der Waals surface area contributed by atoms with E-state index >= 15 is 0 Å². The van der Waals surface area contributed by atoms with Gasteiger partial charge in [-0.3, -0.25) is 4.79 Å². The highest BCUT2D eigenvalue weighted by Gasteiger charge is 2.28. The largest absolute Gasteiger partial charge is 0.492 e. The van der Waals surface area contributed by atoms with Crippen molar-refractivity contribution in [1.82, 2.24) is 15.0 Å². The van der Waals surface area contributed by atoms with Crippen molar-refractivity contribution >= 4 is 51.8 Å². The lowest BCUT2D eigenvalue weighted by Crippen LogP contribution is -2.37. The van der Waals surface area contributed by atoms with Crippen molar-refractivity contribution in [1.29, 1.82) is 0 Å². The molecule has 0 N–H and O–H groups in total. The zero-order chi connectivity index (χ0) is 23.7. The summed E-state index contributed by atoms with van der Waals surface area (Å²) in [4.78, 5) is 20.4. The topological polar surface area (TPSA) is 68.5 Å². The molecule has 1 aromatic carbocycles. The maximum atomic E-state index is 13.0. The van der Waals surface area contributed by atoms with Crippen molar-refractivity contribution in [2.45, 2.75) is 25.7 Å². The second kappa shape index (κ2) is 10.1. The van der Waals surface area contributed by atoms with E-state index in [1.165, 1.54) is 11.3 Å². The fraction of sp³-hybridized carbons (Fsp3) is 0.292. The smallest absolute Gasteiger partial charge is 0.267 e. The van der Waals surface area contributed by atoms with E-state index in [4.69, 9.17) is 37.4 Å². The van der Waals surface area contributed by atoms with E-state index in [0.29, 0.717) is 57.7 Å². The summed E-state index contributed by atoms with van der Waals surface area (Å²) in [6.07, 6.45) is 1.75. The lowest BCUT2D eigenvalue weighted by Gasteiger charge is -2.31. The number of amides is 1. The normalized spacial score (nSPS) is 14.5. The Balaban J connectivity index is 1.24. The molecular formula is C24H21Cl2N3O3S2. The van der Waals surface area contributed by atoms with Crippen molar-refractivity contribution in [2.75, 3.05) is 19.7 Å². The second-order valence-corrected chi connectivity index (χ2v) is 10.5. The number of piperidine rings is 1. The molecule has 4 heterocycles. The first-order chi connectivity index (χ1) is 16.5. The molecule has 5 rings (SSSR count). The highest BCUT2D eigenvalue weighted by Crippen LogP contribution is 2.36. The summed E-state index contributed by atoms with van der Waals surface area (Å²) in [5, 5.41) is 10.1. The van der Waals surface area contributed by atoms with Gasteiger partial charge in [-0.2, -0.15) is 0 Å². The van der Waals surface area contributed by atoms with Crippen LogP contribution in [0.3, 0.4) is 0 Å². The van der Waals surface area contributed by atoms with Crippen LogP contribution in [0.1, 0.15) is 40.4 Å². The molecule has 0 bridgehead atoms. The quantitative estimate of drug-likeness (QED) is 0.261. The number of benzene rings is 1. The highest BCUT2D eigenvalue weighted by atomic mass is 35.5. The monoisotopic (exact) mass is 533 g/mol. The molecule has 0 saturated carbocycles. The molecule has 34 heavy (non-hydrogen) atoms. The van der Waals surface area contributed by atoms with Crippen LogP contribution in [0, 0.1) is 0 Å². The highest BCUT2D eigenvalue weighted by molar-refractivity contribution is 7.12. The summed E-state index contributed by atoms with van der Waals surface area (Å²) in [7, 11) is 0. The Morgan fingerprint density at radius 3 is 2.74 bits per heavy atom. The van der Waals surface area contributed by atoms with E-state index in [0.717, 1.165) is 29.1 Å². The summed E-state index contributed by atoms with van der Waals surface area (Å²) in [6.45, 7) is 3.87. The van der Waals surface area contributed by atoms with Crippen LogP contribution in [-0.2, 0) is 0 Å². The van der Waals surface area contributed by atoms with Gasteiger partial charge >= 0.3 is 0 Å². The van der Waals surface area contributed by atoms with Crippen LogP contribution in [0.4, 0.5) is 0 Å². The zero-order valence-electron chi connectivity index (χ0n) is 18.3. The Bertz CT molecular complexity index is 1310. The van der Waals surface area contributed by atoms with Crippen LogP contribution in [0.2, 0.25) is 10.0 Å². The molecule has 176 valence electrons. The number of hydrogen-bond donors (Lipinski definition) is 0. The maximum absolute atomic E-state index is 13.0. The third-order valence-electron chi connectivity index (χ3n) is 5.75. The van der Waals surface area contributed by atoms with Crippen molar-refractivity contribution in [3.63, 3.8) is 0 Å². The Labute approximate surface area is 215 Å². The van der Waals surface area contributed by atoms with E-state index in [1.54, 1.807) is 23.5 Å². The molecule has 0 aliphatic carbocycles. The lowest BCUT2D eigenvalue weighted by atomic mass is 9.97. The van der Waals surface area contributed by atoms with E-state index in [1.807, 2.05) is 40.8 Å². The first-order valence-corrected chi connectivity index (χ1v) is 13.4. The maximum Gasteiger partial charge on any atom is 0.267 e. The molecule has 1 aliphatic heterocycles. The molecule has 6 nitrogen and oxygen atoms in total. The number of rotatable bonds is 6. The van der Waals surface area contributed by atoms with Gasteiger partial charge in [-0.25, -0.2) is 4.98 Å². The molecule has 4 aromatic rings. The minimum absolute atomic E-state index is 0.0493. The summed E-state index contributed by atoms with van der Waals surface area (Å²) in [5.41, 5.74) is 2.27. The molecule has 1 amide bonds. The molecule has 1 saturated heterocycles. The van der Waals surface area contributed by atoms with Gasteiger partial charge < -0.3 is 14.2 Å². The van der Waals surface area contributed by atoms with Crippen molar-refractivity contribution in [2.24, 2.45) is 0 Å².